The zero-order valence-electron chi connectivity index (χ0n) is 8.70. The molecule has 0 fully saturated rings. The number of rotatable bonds is 3. The molecule has 78 valence electrons. The third kappa shape index (κ3) is 2.25. The Morgan fingerprint density at radius 3 is 2.50 bits per heavy atom. The monoisotopic (exact) mass is 194 g/mol. The number of anilines is 1. The molecule has 14 heavy (non-hydrogen) atoms. The highest BCUT2D eigenvalue weighted by Gasteiger charge is 2.10. The highest BCUT2D eigenvalue weighted by molar-refractivity contribution is 5.50. The Hall–Kier alpha value is -1.06. The lowest BCUT2D eigenvalue weighted by Gasteiger charge is -2.14. The predicted molar refractivity (Wildman–Crippen MR) is 59.0 cm³/mol. The number of aliphatic hydroxyl groups is 1. The molecule has 0 spiro atoms. The van der Waals surface area contributed by atoms with Crippen molar-refractivity contribution in [3.8, 4) is 0 Å². The normalized spacial score (nSPS) is 13.2. The van der Waals surface area contributed by atoms with Gasteiger partial charge in [0, 0.05) is 5.69 Å². The molecule has 5 N–H and O–H groups in total. The molecule has 0 aromatic heterocycles. The average molecular weight is 194 g/mol. The number of nitrogen functional groups attached to an aromatic ring is 1. The van der Waals surface area contributed by atoms with Gasteiger partial charge in [-0.05, 0) is 23.1 Å². The Morgan fingerprint density at radius 2 is 2.00 bits per heavy atom. The summed E-state index contributed by atoms with van der Waals surface area (Å²) in [6.07, 6.45) is 0. The van der Waals surface area contributed by atoms with Crippen LogP contribution in [-0.4, -0.2) is 11.7 Å². The van der Waals surface area contributed by atoms with E-state index in [1.54, 1.807) is 0 Å². The van der Waals surface area contributed by atoms with E-state index in [9.17, 15) is 0 Å². The zero-order valence-corrected chi connectivity index (χ0v) is 8.70. The minimum atomic E-state index is -0.381. The molecule has 0 amide bonds. The van der Waals surface area contributed by atoms with Crippen LogP contribution in [0.1, 0.15) is 36.9 Å². The van der Waals surface area contributed by atoms with Gasteiger partial charge in [0.25, 0.3) is 0 Å². The van der Waals surface area contributed by atoms with E-state index in [0.717, 1.165) is 5.56 Å². The first-order valence-electron chi connectivity index (χ1n) is 4.82. The van der Waals surface area contributed by atoms with E-state index in [2.05, 4.69) is 13.8 Å². The summed E-state index contributed by atoms with van der Waals surface area (Å²) in [7, 11) is 0. The molecule has 3 heteroatoms. The number of nitrogens with two attached hydrogens (primary N) is 2. The van der Waals surface area contributed by atoms with Gasteiger partial charge in [-0.2, -0.15) is 0 Å². The third-order valence-electron chi connectivity index (χ3n) is 2.37. The maximum atomic E-state index is 8.96. The summed E-state index contributed by atoms with van der Waals surface area (Å²) in [5, 5.41) is 8.96. The summed E-state index contributed by atoms with van der Waals surface area (Å²) in [4.78, 5) is 0. The second-order valence-electron chi connectivity index (χ2n) is 3.83. The standard InChI is InChI=1S/C11H18N2O/c1-7(2)8-3-4-10(12)9(5-8)11(13)6-14/h3-5,7,11,14H,6,12-13H2,1-2H3/t11-/m0/s1. The second-order valence-corrected chi connectivity index (χ2v) is 3.83. The van der Waals surface area contributed by atoms with E-state index in [0.29, 0.717) is 11.6 Å². The Labute approximate surface area is 84.7 Å². The van der Waals surface area contributed by atoms with E-state index < -0.39 is 0 Å². The highest BCUT2D eigenvalue weighted by atomic mass is 16.3. The van der Waals surface area contributed by atoms with Gasteiger partial charge >= 0.3 is 0 Å². The van der Waals surface area contributed by atoms with E-state index >= 15 is 0 Å². The molecule has 0 aliphatic carbocycles. The summed E-state index contributed by atoms with van der Waals surface area (Å²) in [5.74, 6) is 0.445. The van der Waals surface area contributed by atoms with Gasteiger partial charge in [0.05, 0.1) is 12.6 Å². The van der Waals surface area contributed by atoms with Crippen LogP contribution in [0.2, 0.25) is 0 Å². The van der Waals surface area contributed by atoms with Crippen LogP contribution >= 0.6 is 0 Å². The van der Waals surface area contributed by atoms with Crippen LogP contribution in [0.15, 0.2) is 18.2 Å². The smallest absolute Gasteiger partial charge is 0.0625 e. The van der Waals surface area contributed by atoms with Crippen molar-refractivity contribution in [1.82, 2.24) is 0 Å². The number of aliphatic hydroxyl groups excluding tert-OH is 1. The SMILES string of the molecule is CC(C)c1ccc(N)c([C@@H](N)CO)c1. The molecule has 1 aromatic carbocycles. The molecule has 0 saturated heterocycles. The van der Waals surface area contributed by atoms with Crippen molar-refractivity contribution in [3.05, 3.63) is 29.3 Å². The van der Waals surface area contributed by atoms with E-state index in [1.165, 1.54) is 5.56 Å². The average Bonchev–Trinajstić information content (AvgIpc) is 2.17. The molecule has 0 saturated carbocycles. The van der Waals surface area contributed by atoms with Crippen LogP contribution in [-0.2, 0) is 0 Å². The largest absolute Gasteiger partial charge is 0.398 e. The summed E-state index contributed by atoms with van der Waals surface area (Å²) >= 11 is 0. The Morgan fingerprint density at radius 1 is 1.36 bits per heavy atom. The summed E-state index contributed by atoms with van der Waals surface area (Å²) in [6, 6.07) is 5.43. The summed E-state index contributed by atoms with van der Waals surface area (Å²) in [6.45, 7) is 4.14. The Kier molecular flexibility index (Phi) is 3.49. The fourth-order valence-corrected chi connectivity index (χ4v) is 1.37. The van der Waals surface area contributed by atoms with Crippen LogP contribution < -0.4 is 11.5 Å². The molecule has 3 nitrogen and oxygen atoms in total. The lowest BCUT2D eigenvalue weighted by Crippen LogP contribution is -2.16. The molecule has 0 unspecified atom stereocenters. The molecule has 0 radical (unpaired) electrons. The van der Waals surface area contributed by atoms with Crippen LogP contribution in [0.3, 0.4) is 0 Å². The first-order valence-corrected chi connectivity index (χ1v) is 4.82. The fraction of sp³-hybridized carbons (Fsp3) is 0.455. The molecule has 1 rings (SSSR count). The van der Waals surface area contributed by atoms with Crippen molar-refractivity contribution in [2.75, 3.05) is 12.3 Å². The summed E-state index contributed by atoms with van der Waals surface area (Å²) in [5.41, 5.74) is 14.2. The predicted octanol–water partition coefficient (Wildman–Crippen LogP) is 1.38. The number of benzene rings is 1. The summed E-state index contributed by atoms with van der Waals surface area (Å²) < 4.78 is 0. The molecule has 1 atom stereocenters. The minimum Gasteiger partial charge on any atom is -0.398 e. The van der Waals surface area contributed by atoms with Gasteiger partial charge in [-0.3, -0.25) is 0 Å². The lowest BCUT2D eigenvalue weighted by molar-refractivity contribution is 0.268. The second kappa shape index (κ2) is 4.44. The van der Waals surface area contributed by atoms with Gasteiger partial charge in [-0.15, -0.1) is 0 Å². The van der Waals surface area contributed by atoms with E-state index in [4.69, 9.17) is 16.6 Å². The maximum Gasteiger partial charge on any atom is 0.0625 e. The van der Waals surface area contributed by atoms with Gasteiger partial charge in [0.1, 0.15) is 0 Å². The first kappa shape index (κ1) is 11.0. The highest BCUT2D eigenvalue weighted by Crippen LogP contribution is 2.24. The fourth-order valence-electron chi connectivity index (χ4n) is 1.37. The van der Waals surface area contributed by atoms with Crippen molar-refractivity contribution >= 4 is 5.69 Å². The van der Waals surface area contributed by atoms with Gasteiger partial charge in [-0.1, -0.05) is 26.0 Å². The molecule has 0 aliphatic rings. The molecule has 0 heterocycles. The van der Waals surface area contributed by atoms with Crippen molar-refractivity contribution < 1.29 is 5.11 Å². The Bertz CT molecular complexity index is 310. The molecular formula is C11H18N2O. The van der Waals surface area contributed by atoms with Crippen molar-refractivity contribution in [1.29, 1.82) is 0 Å². The van der Waals surface area contributed by atoms with Gasteiger partial charge in [0.15, 0.2) is 0 Å². The van der Waals surface area contributed by atoms with E-state index in [-0.39, 0.29) is 12.6 Å². The van der Waals surface area contributed by atoms with Crippen molar-refractivity contribution in [2.24, 2.45) is 5.73 Å². The third-order valence-corrected chi connectivity index (χ3v) is 2.37. The maximum absolute atomic E-state index is 8.96. The quantitative estimate of drug-likeness (QED) is 0.636. The van der Waals surface area contributed by atoms with Crippen LogP contribution in [0.5, 0.6) is 0 Å². The molecule has 0 bridgehead atoms. The Balaban J connectivity index is 3.08. The number of hydrogen-bond acceptors (Lipinski definition) is 3. The molecular weight excluding hydrogens is 176 g/mol. The van der Waals surface area contributed by atoms with Gasteiger partial charge in [-0.25, -0.2) is 0 Å². The lowest BCUT2D eigenvalue weighted by atomic mass is 9.97. The number of hydrogen-bond donors (Lipinski definition) is 3. The topological polar surface area (TPSA) is 72.3 Å². The first-order chi connectivity index (χ1) is 6.56. The van der Waals surface area contributed by atoms with Crippen molar-refractivity contribution in [3.63, 3.8) is 0 Å². The van der Waals surface area contributed by atoms with Crippen LogP contribution in [0, 0.1) is 0 Å². The van der Waals surface area contributed by atoms with Crippen molar-refractivity contribution in [2.45, 2.75) is 25.8 Å². The van der Waals surface area contributed by atoms with Gasteiger partial charge in [0.2, 0.25) is 0 Å². The van der Waals surface area contributed by atoms with Crippen LogP contribution in [0.25, 0.3) is 0 Å². The zero-order chi connectivity index (χ0) is 10.7. The molecule has 0 aliphatic heterocycles. The minimum absolute atomic E-state index is 0.0776. The van der Waals surface area contributed by atoms with E-state index in [1.807, 2.05) is 18.2 Å². The van der Waals surface area contributed by atoms with Crippen LogP contribution in [0.4, 0.5) is 5.69 Å². The molecule has 1 aromatic rings. The van der Waals surface area contributed by atoms with Gasteiger partial charge < -0.3 is 16.6 Å².